The van der Waals surface area contributed by atoms with Gasteiger partial charge in [0.1, 0.15) is 9.88 Å². The van der Waals surface area contributed by atoms with Gasteiger partial charge in [0.25, 0.3) is 5.91 Å². The Morgan fingerprint density at radius 3 is 2.72 bits per heavy atom. The average Bonchev–Trinajstić information content (AvgIpc) is 2.77. The van der Waals surface area contributed by atoms with Gasteiger partial charge in [-0.3, -0.25) is 4.79 Å². The highest BCUT2D eigenvalue weighted by atomic mass is 32.1. The van der Waals surface area contributed by atoms with Crippen LogP contribution in [0.25, 0.3) is 10.6 Å². The van der Waals surface area contributed by atoms with E-state index < -0.39 is 0 Å². The fourth-order valence-corrected chi connectivity index (χ4v) is 4.36. The van der Waals surface area contributed by atoms with E-state index in [-0.39, 0.29) is 5.91 Å². The van der Waals surface area contributed by atoms with E-state index in [0.29, 0.717) is 10.6 Å². The zero-order chi connectivity index (χ0) is 17.4. The van der Waals surface area contributed by atoms with Crippen molar-refractivity contribution in [3.8, 4) is 10.6 Å². The molecule has 0 fully saturated rings. The van der Waals surface area contributed by atoms with Crippen LogP contribution in [0.4, 0.5) is 11.4 Å². The van der Waals surface area contributed by atoms with Crippen molar-refractivity contribution in [3.63, 3.8) is 0 Å². The fourth-order valence-electron chi connectivity index (χ4n) is 3.40. The van der Waals surface area contributed by atoms with Crippen molar-refractivity contribution < 1.29 is 4.79 Å². The number of carbonyl (C=O) groups excluding carboxylic acids is 1. The molecule has 2 heterocycles. The predicted molar refractivity (Wildman–Crippen MR) is 104 cm³/mol. The smallest absolute Gasteiger partial charge is 0.267 e. The van der Waals surface area contributed by atoms with Gasteiger partial charge < -0.3 is 11.1 Å². The number of nitrogens with one attached hydrogen (secondary N) is 1. The van der Waals surface area contributed by atoms with Crippen molar-refractivity contribution in [3.05, 3.63) is 52.0 Å². The van der Waals surface area contributed by atoms with Crippen molar-refractivity contribution in [2.75, 3.05) is 11.1 Å². The Morgan fingerprint density at radius 2 is 1.92 bits per heavy atom. The van der Waals surface area contributed by atoms with E-state index in [0.717, 1.165) is 34.7 Å². The summed E-state index contributed by atoms with van der Waals surface area (Å²) in [7, 11) is 0. The van der Waals surface area contributed by atoms with E-state index in [1.54, 1.807) is 0 Å². The molecule has 0 bridgehead atoms. The number of aryl methyl sites for hydroxylation is 2. The Balaban J connectivity index is 1.68. The summed E-state index contributed by atoms with van der Waals surface area (Å²) in [6.45, 7) is 2.02. The average molecular weight is 351 g/mol. The molecule has 2 aliphatic heterocycles. The Kier molecular flexibility index (Phi) is 4.17. The van der Waals surface area contributed by atoms with Crippen LogP contribution in [-0.4, -0.2) is 10.9 Å². The summed E-state index contributed by atoms with van der Waals surface area (Å²) in [6, 6.07) is 9.68. The van der Waals surface area contributed by atoms with Crippen molar-refractivity contribution in [1.82, 2.24) is 4.98 Å². The summed E-state index contributed by atoms with van der Waals surface area (Å²) < 4.78 is 0. The molecule has 0 spiro atoms. The summed E-state index contributed by atoms with van der Waals surface area (Å²) >= 11 is 1.40. The third-order valence-electron chi connectivity index (χ3n) is 4.76. The third kappa shape index (κ3) is 3.12. The van der Waals surface area contributed by atoms with Crippen LogP contribution >= 0.6 is 11.3 Å². The lowest BCUT2D eigenvalue weighted by Crippen LogP contribution is -2.13. The molecule has 1 aromatic carbocycles. The summed E-state index contributed by atoms with van der Waals surface area (Å²) in [5.41, 5.74) is 12.3. The molecule has 1 aliphatic carbocycles. The van der Waals surface area contributed by atoms with Crippen molar-refractivity contribution in [2.45, 2.75) is 39.0 Å². The number of nitrogens with two attached hydrogens (primary N) is 1. The first-order valence-electron chi connectivity index (χ1n) is 8.70. The lowest BCUT2D eigenvalue weighted by atomic mass is 10.1. The second kappa shape index (κ2) is 6.48. The maximum absolute atomic E-state index is 12.7. The first kappa shape index (κ1) is 16.1. The van der Waals surface area contributed by atoms with Crippen LogP contribution in [0.1, 0.15) is 45.8 Å². The number of aromatic nitrogens is 1. The molecular formula is C20H21N3OS. The Labute approximate surface area is 151 Å². The van der Waals surface area contributed by atoms with Crippen LogP contribution in [0.3, 0.4) is 0 Å². The molecule has 4 nitrogen and oxygen atoms in total. The molecule has 3 N–H and O–H groups in total. The number of nitrogen functional groups attached to an aromatic ring is 1. The Bertz CT molecular complexity index is 898. The van der Waals surface area contributed by atoms with Crippen LogP contribution in [0.15, 0.2) is 30.3 Å². The Morgan fingerprint density at radius 1 is 1.16 bits per heavy atom. The second-order valence-corrected chi connectivity index (χ2v) is 7.67. The number of carbonyl (C=O) groups is 1. The largest absolute Gasteiger partial charge is 0.397 e. The highest BCUT2D eigenvalue weighted by Crippen LogP contribution is 2.39. The molecule has 0 saturated carbocycles. The van der Waals surface area contributed by atoms with Gasteiger partial charge >= 0.3 is 0 Å². The number of fused-ring (bicyclic) bond motifs is 3. The van der Waals surface area contributed by atoms with E-state index in [1.807, 2.05) is 37.3 Å². The zero-order valence-corrected chi connectivity index (χ0v) is 15.1. The number of anilines is 2. The monoisotopic (exact) mass is 351 g/mol. The molecule has 1 amide bonds. The van der Waals surface area contributed by atoms with Crippen molar-refractivity contribution in [2.24, 2.45) is 0 Å². The highest BCUT2D eigenvalue weighted by molar-refractivity contribution is 7.17. The predicted octanol–water partition coefficient (Wildman–Crippen LogP) is 4.66. The number of nitrogens with zero attached hydrogens (tertiary/aromatic N) is 1. The normalized spacial score (nSPS) is 14.1. The lowest BCUT2D eigenvalue weighted by Gasteiger charge is -2.10. The number of hydrogen-bond acceptors (Lipinski definition) is 4. The number of benzene rings is 1. The highest BCUT2D eigenvalue weighted by Gasteiger charge is 2.23. The first-order valence-corrected chi connectivity index (χ1v) is 9.52. The van der Waals surface area contributed by atoms with Crippen LogP contribution in [0, 0.1) is 6.92 Å². The van der Waals surface area contributed by atoms with Crippen molar-refractivity contribution in [1.29, 1.82) is 0 Å². The topological polar surface area (TPSA) is 68.0 Å². The SMILES string of the molecule is Cc1ccc(NC(=O)c2sc3nc4c(c-3cc2N)CCCCC4)cc1. The zero-order valence-electron chi connectivity index (χ0n) is 14.3. The van der Waals surface area contributed by atoms with Gasteiger partial charge in [-0.25, -0.2) is 4.98 Å². The number of rotatable bonds is 2. The minimum absolute atomic E-state index is 0.175. The van der Waals surface area contributed by atoms with Gasteiger partial charge in [-0.05, 0) is 56.4 Å². The van der Waals surface area contributed by atoms with Gasteiger partial charge in [0, 0.05) is 16.9 Å². The quantitative estimate of drug-likeness (QED) is 0.660. The summed E-state index contributed by atoms with van der Waals surface area (Å²) in [6.07, 6.45) is 5.74. The molecule has 128 valence electrons. The lowest BCUT2D eigenvalue weighted by molar-refractivity contribution is 0.103. The van der Waals surface area contributed by atoms with Crippen LogP contribution < -0.4 is 11.1 Å². The van der Waals surface area contributed by atoms with Gasteiger partial charge in [-0.2, -0.15) is 0 Å². The molecule has 5 heteroatoms. The Hall–Kier alpha value is -2.40. The number of hydrogen-bond donors (Lipinski definition) is 2. The molecule has 0 saturated heterocycles. The minimum Gasteiger partial charge on any atom is -0.397 e. The summed E-state index contributed by atoms with van der Waals surface area (Å²) in [5, 5.41) is 3.85. The van der Waals surface area contributed by atoms with Crippen LogP contribution in [0.2, 0.25) is 0 Å². The molecule has 4 rings (SSSR count). The third-order valence-corrected chi connectivity index (χ3v) is 5.89. The van der Waals surface area contributed by atoms with Gasteiger partial charge in [0.2, 0.25) is 0 Å². The van der Waals surface area contributed by atoms with E-state index in [4.69, 9.17) is 10.7 Å². The van der Waals surface area contributed by atoms with E-state index >= 15 is 0 Å². The first-order chi connectivity index (χ1) is 12.1. The van der Waals surface area contributed by atoms with Crippen LogP contribution in [0.5, 0.6) is 0 Å². The maximum Gasteiger partial charge on any atom is 0.267 e. The second-order valence-electron chi connectivity index (χ2n) is 6.67. The number of amides is 1. The van der Waals surface area contributed by atoms with Gasteiger partial charge in [0.05, 0.1) is 5.69 Å². The molecule has 25 heavy (non-hydrogen) atoms. The van der Waals surface area contributed by atoms with E-state index in [1.165, 1.54) is 41.9 Å². The summed E-state index contributed by atoms with van der Waals surface area (Å²) in [5.74, 6) is -0.175. The molecule has 1 aromatic rings. The summed E-state index contributed by atoms with van der Waals surface area (Å²) in [4.78, 5) is 18.0. The molecule has 0 atom stereocenters. The van der Waals surface area contributed by atoms with Gasteiger partial charge in [0.15, 0.2) is 0 Å². The molecule has 3 aliphatic rings. The van der Waals surface area contributed by atoms with Gasteiger partial charge in [-0.15, -0.1) is 11.3 Å². The molecular weight excluding hydrogens is 330 g/mol. The maximum atomic E-state index is 12.7. The molecule has 0 aromatic heterocycles. The fraction of sp³-hybridized carbons (Fsp3) is 0.300. The van der Waals surface area contributed by atoms with E-state index in [2.05, 4.69) is 5.32 Å². The molecule has 0 radical (unpaired) electrons. The standard InChI is InChI=1S/C20H21N3OS/c1-12-7-9-13(10-8-12)22-19(24)18-16(21)11-15-14-5-3-2-4-6-17(14)23-20(15)25-18/h7-11H,2-6,21H2,1H3,(H,22,24). The molecule has 0 unspecified atom stereocenters. The van der Waals surface area contributed by atoms with Crippen LogP contribution in [-0.2, 0) is 12.8 Å². The van der Waals surface area contributed by atoms with Gasteiger partial charge in [-0.1, -0.05) is 24.1 Å². The minimum atomic E-state index is -0.175. The van der Waals surface area contributed by atoms with E-state index in [9.17, 15) is 4.79 Å². The van der Waals surface area contributed by atoms with Crippen molar-refractivity contribution >= 4 is 28.6 Å².